The summed E-state index contributed by atoms with van der Waals surface area (Å²) in [6.07, 6.45) is 0.797. The van der Waals surface area contributed by atoms with Crippen molar-refractivity contribution < 1.29 is 8.78 Å². The molecule has 0 spiro atoms. The first-order chi connectivity index (χ1) is 13.6. The molecule has 1 aromatic heterocycles. The molecule has 1 aromatic carbocycles. The van der Waals surface area contributed by atoms with Gasteiger partial charge in [0.05, 0.1) is 11.7 Å². The molecule has 1 heterocycles. The van der Waals surface area contributed by atoms with E-state index < -0.39 is 17.7 Å². The molecule has 0 radical (unpaired) electrons. The van der Waals surface area contributed by atoms with E-state index in [2.05, 4.69) is 34.6 Å². The zero-order chi connectivity index (χ0) is 21.7. The van der Waals surface area contributed by atoms with Crippen LogP contribution >= 0.6 is 0 Å². The van der Waals surface area contributed by atoms with Crippen LogP contribution in [0.15, 0.2) is 23.2 Å². The first-order valence-electron chi connectivity index (χ1n) is 9.72. The van der Waals surface area contributed by atoms with Crippen LogP contribution in [0.3, 0.4) is 0 Å². The topological polar surface area (TPSA) is 57.5 Å². The van der Waals surface area contributed by atoms with Gasteiger partial charge in [-0.1, -0.05) is 6.07 Å². The fraction of sp³-hybridized carbons (Fsp3) is 0.524. The summed E-state index contributed by atoms with van der Waals surface area (Å²) in [5, 5.41) is 11.0. The summed E-state index contributed by atoms with van der Waals surface area (Å²) >= 11 is 0. The molecule has 29 heavy (non-hydrogen) atoms. The van der Waals surface area contributed by atoms with Gasteiger partial charge in [0.25, 0.3) is 0 Å². The summed E-state index contributed by atoms with van der Waals surface area (Å²) in [6.45, 7) is 6.44. The van der Waals surface area contributed by atoms with E-state index in [9.17, 15) is 8.78 Å². The van der Waals surface area contributed by atoms with Crippen LogP contribution in [-0.2, 0) is 13.5 Å². The molecule has 8 heteroatoms. The highest BCUT2D eigenvalue weighted by molar-refractivity contribution is 5.80. The summed E-state index contributed by atoms with van der Waals surface area (Å²) in [7, 11) is 7.21. The molecule has 2 N–H and O–H groups in total. The van der Waals surface area contributed by atoms with Crippen LogP contribution < -0.4 is 10.6 Å². The van der Waals surface area contributed by atoms with E-state index in [1.54, 1.807) is 26.0 Å². The normalized spacial score (nSPS) is 14.2. The Kier molecular flexibility index (Phi) is 7.73. The Balaban J connectivity index is 2.05. The molecular weight excluding hydrogens is 374 g/mol. The summed E-state index contributed by atoms with van der Waals surface area (Å²) in [6, 6.07) is 3.56. The number of nitrogens with zero attached hydrogens (tertiary/aromatic N) is 4. The molecule has 0 amide bonds. The van der Waals surface area contributed by atoms with E-state index >= 15 is 0 Å². The Morgan fingerprint density at radius 2 is 1.86 bits per heavy atom. The first kappa shape index (κ1) is 22.8. The van der Waals surface area contributed by atoms with Gasteiger partial charge in [0.1, 0.15) is 11.6 Å². The third kappa shape index (κ3) is 5.53. The summed E-state index contributed by atoms with van der Waals surface area (Å²) in [4.78, 5) is 6.04. The highest BCUT2D eigenvalue weighted by Crippen LogP contribution is 2.23. The molecule has 2 atom stereocenters. The van der Waals surface area contributed by atoms with Gasteiger partial charge in [0, 0.05) is 37.9 Å². The van der Waals surface area contributed by atoms with E-state index in [0.29, 0.717) is 12.5 Å². The van der Waals surface area contributed by atoms with Gasteiger partial charge in [0.2, 0.25) is 0 Å². The molecule has 2 unspecified atom stereocenters. The van der Waals surface area contributed by atoms with Crippen molar-refractivity contribution in [2.75, 3.05) is 27.7 Å². The third-order valence-electron chi connectivity index (χ3n) is 5.20. The molecule has 0 aliphatic rings. The Bertz CT molecular complexity index is 839. The van der Waals surface area contributed by atoms with Crippen molar-refractivity contribution in [2.45, 2.75) is 39.3 Å². The van der Waals surface area contributed by atoms with Gasteiger partial charge in [-0.25, -0.2) is 8.78 Å². The van der Waals surface area contributed by atoms with Crippen molar-refractivity contribution in [1.29, 1.82) is 0 Å². The number of halogens is 2. The average molecular weight is 407 g/mol. The minimum Gasteiger partial charge on any atom is -0.354 e. The van der Waals surface area contributed by atoms with Gasteiger partial charge in [-0.15, -0.1) is 0 Å². The zero-order valence-corrected chi connectivity index (χ0v) is 18.3. The maximum atomic E-state index is 14.2. The molecule has 2 rings (SSSR count). The van der Waals surface area contributed by atoms with E-state index in [1.165, 1.54) is 23.8 Å². The van der Waals surface area contributed by atoms with Crippen LogP contribution in [0.4, 0.5) is 8.78 Å². The van der Waals surface area contributed by atoms with Gasteiger partial charge >= 0.3 is 0 Å². The largest absolute Gasteiger partial charge is 0.354 e. The fourth-order valence-corrected chi connectivity index (χ4v) is 3.46. The number of aliphatic imine (C=N–C) groups is 1. The van der Waals surface area contributed by atoms with Gasteiger partial charge in [-0.05, 0) is 59.0 Å². The number of likely N-dealkylation sites (N-methyl/N-ethyl adjacent to an activating group) is 1. The van der Waals surface area contributed by atoms with Crippen LogP contribution in [0.2, 0.25) is 0 Å². The van der Waals surface area contributed by atoms with E-state index in [4.69, 9.17) is 0 Å². The summed E-state index contributed by atoms with van der Waals surface area (Å²) in [5.41, 5.74) is 3.42. The van der Waals surface area contributed by atoms with Crippen molar-refractivity contribution in [2.24, 2.45) is 12.0 Å². The van der Waals surface area contributed by atoms with Crippen LogP contribution in [0.25, 0.3) is 0 Å². The second-order valence-electron chi connectivity index (χ2n) is 7.59. The number of aryl methyl sites for hydroxylation is 2. The van der Waals surface area contributed by atoms with Crippen LogP contribution in [0.5, 0.6) is 0 Å². The molecule has 6 nitrogen and oxygen atoms in total. The third-order valence-corrected chi connectivity index (χ3v) is 5.20. The molecule has 0 fully saturated rings. The number of nitrogens with one attached hydrogen (secondary N) is 2. The van der Waals surface area contributed by atoms with E-state index in [0.717, 1.165) is 17.8 Å². The average Bonchev–Trinajstić information content (AvgIpc) is 2.88. The standard InChI is InChI=1S/C21H32F2N6/c1-13(11-16-14(2)27-29(7)15(16)3)26-21(24-4)25-12-19(28(5)6)20-17(22)9-8-10-18(20)23/h8-10,13,19H,11-12H2,1-7H3,(H2,24,25,26). The Hall–Kier alpha value is -2.48. The molecule has 0 saturated carbocycles. The molecule has 2 aromatic rings. The molecule has 160 valence electrons. The van der Waals surface area contributed by atoms with E-state index in [1.807, 2.05) is 18.7 Å². The second kappa shape index (κ2) is 9.82. The predicted molar refractivity (Wildman–Crippen MR) is 113 cm³/mol. The number of hydrogen-bond donors (Lipinski definition) is 2. The van der Waals surface area contributed by atoms with Gasteiger partial charge in [-0.2, -0.15) is 5.10 Å². The highest BCUT2D eigenvalue weighted by atomic mass is 19.1. The van der Waals surface area contributed by atoms with Gasteiger partial charge in [-0.3, -0.25) is 9.67 Å². The lowest BCUT2D eigenvalue weighted by Gasteiger charge is -2.27. The quantitative estimate of drug-likeness (QED) is 0.548. The van der Waals surface area contributed by atoms with E-state index in [-0.39, 0.29) is 11.6 Å². The molecule has 0 aliphatic heterocycles. The van der Waals surface area contributed by atoms with Gasteiger partial charge in [0.15, 0.2) is 5.96 Å². The zero-order valence-electron chi connectivity index (χ0n) is 18.3. The maximum absolute atomic E-state index is 14.2. The number of hydrogen-bond acceptors (Lipinski definition) is 3. The molecular formula is C21H32F2N6. The van der Waals surface area contributed by atoms with Crippen LogP contribution in [0.1, 0.15) is 35.5 Å². The lowest BCUT2D eigenvalue weighted by molar-refractivity contribution is 0.282. The monoisotopic (exact) mass is 406 g/mol. The molecule has 0 aliphatic carbocycles. The Morgan fingerprint density at radius 3 is 2.34 bits per heavy atom. The smallest absolute Gasteiger partial charge is 0.191 e. The van der Waals surface area contributed by atoms with Crippen LogP contribution in [0, 0.1) is 25.5 Å². The number of guanidine groups is 1. The second-order valence-corrected chi connectivity index (χ2v) is 7.59. The minimum atomic E-state index is -0.552. The predicted octanol–water partition coefficient (Wildman–Crippen LogP) is 2.71. The summed E-state index contributed by atoms with van der Waals surface area (Å²) in [5.74, 6) is -0.519. The number of rotatable bonds is 7. The fourth-order valence-electron chi connectivity index (χ4n) is 3.46. The molecule has 0 saturated heterocycles. The maximum Gasteiger partial charge on any atom is 0.191 e. The van der Waals surface area contributed by atoms with Gasteiger partial charge < -0.3 is 15.5 Å². The SMILES string of the molecule is CN=C(NCC(c1c(F)cccc1F)N(C)C)NC(C)Cc1c(C)nn(C)c1C. The summed E-state index contributed by atoms with van der Waals surface area (Å²) < 4.78 is 30.4. The molecule has 0 bridgehead atoms. The Morgan fingerprint density at radius 1 is 1.24 bits per heavy atom. The highest BCUT2D eigenvalue weighted by Gasteiger charge is 2.23. The number of aromatic nitrogens is 2. The lowest BCUT2D eigenvalue weighted by Crippen LogP contribution is -2.46. The van der Waals surface area contributed by atoms with Crippen molar-refractivity contribution in [3.8, 4) is 0 Å². The van der Waals surface area contributed by atoms with Crippen LogP contribution in [-0.4, -0.2) is 54.4 Å². The number of benzene rings is 1. The Labute approximate surface area is 172 Å². The van der Waals surface area contributed by atoms with Crippen molar-refractivity contribution in [3.63, 3.8) is 0 Å². The van der Waals surface area contributed by atoms with Crippen molar-refractivity contribution >= 4 is 5.96 Å². The van der Waals surface area contributed by atoms with Crippen molar-refractivity contribution in [3.05, 3.63) is 52.3 Å². The first-order valence-corrected chi connectivity index (χ1v) is 9.72. The lowest BCUT2D eigenvalue weighted by atomic mass is 10.0. The minimum absolute atomic E-state index is 0.0510. The van der Waals surface area contributed by atoms with Crippen molar-refractivity contribution in [1.82, 2.24) is 25.3 Å².